The molecule has 4 rings (SSSR count). The number of halogens is 6. The fraction of sp³-hybridized carbons (Fsp3) is 0.208. The van der Waals surface area contributed by atoms with Gasteiger partial charge in [0.15, 0.2) is 0 Å². The Kier molecular flexibility index (Phi) is 6.86. The molecule has 0 saturated heterocycles. The zero-order valence-electron chi connectivity index (χ0n) is 18.3. The lowest BCUT2D eigenvalue weighted by Gasteiger charge is -2.21. The molecule has 1 amide bonds. The van der Waals surface area contributed by atoms with Crippen LogP contribution in [0.15, 0.2) is 75.9 Å². The highest BCUT2D eigenvalue weighted by atomic mass is 19.4. The van der Waals surface area contributed by atoms with Crippen LogP contribution in [0.25, 0.3) is 11.4 Å². The number of carbonyl (C=O) groups excluding carboxylic acids is 1. The van der Waals surface area contributed by atoms with Crippen molar-refractivity contribution in [3.63, 3.8) is 0 Å². The summed E-state index contributed by atoms with van der Waals surface area (Å²) in [4.78, 5) is 18.5. The van der Waals surface area contributed by atoms with E-state index in [1.807, 2.05) is 0 Å². The van der Waals surface area contributed by atoms with Crippen LogP contribution in [0.4, 0.5) is 26.3 Å². The van der Waals surface area contributed by atoms with Crippen LogP contribution < -0.4 is 0 Å². The van der Waals surface area contributed by atoms with Gasteiger partial charge in [-0.05, 0) is 48.5 Å². The van der Waals surface area contributed by atoms with Crippen LogP contribution in [-0.2, 0) is 25.3 Å². The predicted molar refractivity (Wildman–Crippen MR) is 113 cm³/mol. The third-order valence-electron chi connectivity index (χ3n) is 5.18. The summed E-state index contributed by atoms with van der Waals surface area (Å²) in [5.74, 6) is -0.113. The van der Waals surface area contributed by atoms with Crippen molar-refractivity contribution < 1.29 is 40.1 Å². The fourth-order valence-electron chi connectivity index (χ4n) is 3.37. The van der Waals surface area contributed by atoms with E-state index in [-0.39, 0.29) is 42.4 Å². The van der Waals surface area contributed by atoms with E-state index in [0.717, 1.165) is 36.4 Å². The average Bonchev–Trinajstić information content (AvgIpc) is 3.53. The smallest absolute Gasteiger partial charge is 0.416 e. The van der Waals surface area contributed by atoms with Crippen molar-refractivity contribution in [1.82, 2.24) is 15.0 Å². The van der Waals surface area contributed by atoms with Gasteiger partial charge in [0.25, 0.3) is 5.91 Å². The van der Waals surface area contributed by atoms with E-state index in [0.29, 0.717) is 5.76 Å². The van der Waals surface area contributed by atoms with Gasteiger partial charge in [-0.2, -0.15) is 31.3 Å². The standard InChI is InChI=1S/C24H17F6N3O3/c25-23(26,27)17-8-6-15(7-9-17)22(34)33(14-19-5-2-12-35-19)11-10-20-31-21(32-36-20)16-3-1-4-18(13-16)24(28,29)30/h1-9,12-13H,10-11,14H2. The minimum Gasteiger partial charge on any atom is -0.467 e. The third kappa shape index (κ3) is 5.93. The second-order valence-corrected chi connectivity index (χ2v) is 7.72. The molecule has 0 spiro atoms. The minimum absolute atomic E-state index is 0.0154. The van der Waals surface area contributed by atoms with Crippen LogP contribution in [0.5, 0.6) is 0 Å². The average molecular weight is 509 g/mol. The molecule has 2 heterocycles. The van der Waals surface area contributed by atoms with E-state index < -0.39 is 29.4 Å². The molecule has 0 bridgehead atoms. The molecule has 0 aliphatic heterocycles. The minimum atomic E-state index is -4.54. The van der Waals surface area contributed by atoms with Crippen molar-refractivity contribution in [2.24, 2.45) is 0 Å². The van der Waals surface area contributed by atoms with Gasteiger partial charge >= 0.3 is 12.4 Å². The SMILES string of the molecule is O=C(c1ccc(C(F)(F)F)cc1)N(CCc1nc(-c2cccc(C(F)(F)F)c2)no1)Cc1ccco1. The van der Waals surface area contributed by atoms with E-state index in [1.165, 1.54) is 23.3 Å². The highest BCUT2D eigenvalue weighted by Crippen LogP contribution is 2.32. The number of alkyl halides is 6. The maximum atomic E-state index is 13.0. The Morgan fingerprint density at radius 3 is 2.25 bits per heavy atom. The maximum absolute atomic E-state index is 13.0. The summed E-state index contributed by atoms with van der Waals surface area (Å²) in [5, 5.41) is 3.72. The Balaban J connectivity index is 1.50. The molecule has 4 aromatic rings. The van der Waals surface area contributed by atoms with Crippen LogP contribution >= 0.6 is 0 Å². The molecule has 0 aliphatic carbocycles. The van der Waals surface area contributed by atoms with Crippen molar-refractivity contribution in [2.75, 3.05) is 6.54 Å². The summed E-state index contributed by atoms with van der Waals surface area (Å²) in [7, 11) is 0. The molecule has 2 aromatic carbocycles. The summed E-state index contributed by atoms with van der Waals surface area (Å²) in [5.41, 5.74) is -1.61. The molecule has 0 aliphatic rings. The molecule has 0 saturated carbocycles. The molecule has 12 heteroatoms. The fourth-order valence-corrected chi connectivity index (χ4v) is 3.37. The number of aromatic nitrogens is 2. The second kappa shape index (κ2) is 9.88. The number of amides is 1. The van der Waals surface area contributed by atoms with Crippen LogP contribution in [-0.4, -0.2) is 27.5 Å². The van der Waals surface area contributed by atoms with Gasteiger partial charge in [-0.15, -0.1) is 0 Å². The highest BCUT2D eigenvalue weighted by Gasteiger charge is 2.31. The van der Waals surface area contributed by atoms with E-state index in [1.54, 1.807) is 12.1 Å². The predicted octanol–water partition coefficient (Wildman–Crippen LogP) is 6.25. The van der Waals surface area contributed by atoms with Crippen molar-refractivity contribution >= 4 is 5.91 Å². The summed E-state index contributed by atoms with van der Waals surface area (Å²) in [6.45, 7) is 0.0340. The molecule has 0 fully saturated rings. The summed E-state index contributed by atoms with van der Waals surface area (Å²) in [6, 6.07) is 11.5. The van der Waals surface area contributed by atoms with Crippen molar-refractivity contribution in [1.29, 1.82) is 0 Å². The highest BCUT2D eigenvalue weighted by molar-refractivity contribution is 5.94. The van der Waals surface area contributed by atoms with Gasteiger partial charge in [0.2, 0.25) is 11.7 Å². The van der Waals surface area contributed by atoms with Crippen LogP contribution in [0, 0.1) is 0 Å². The number of nitrogens with zero attached hydrogens (tertiary/aromatic N) is 3. The number of carbonyl (C=O) groups is 1. The number of benzene rings is 2. The number of hydrogen-bond acceptors (Lipinski definition) is 5. The summed E-state index contributed by atoms with van der Waals surface area (Å²) in [6.07, 6.45) is -7.62. The Labute approximate surface area is 200 Å². The van der Waals surface area contributed by atoms with E-state index in [2.05, 4.69) is 10.1 Å². The molecule has 2 aromatic heterocycles. The van der Waals surface area contributed by atoms with E-state index >= 15 is 0 Å². The molecule has 0 unspecified atom stereocenters. The van der Waals surface area contributed by atoms with Gasteiger partial charge in [0, 0.05) is 24.1 Å². The van der Waals surface area contributed by atoms with Gasteiger partial charge in [-0.25, -0.2) is 0 Å². The van der Waals surface area contributed by atoms with Crippen molar-refractivity contribution in [2.45, 2.75) is 25.3 Å². The molecule has 6 nitrogen and oxygen atoms in total. The first kappa shape index (κ1) is 25.0. The lowest BCUT2D eigenvalue weighted by molar-refractivity contribution is -0.138. The normalized spacial score (nSPS) is 12.1. The van der Waals surface area contributed by atoms with Crippen LogP contribution in [0.1, 0.15) is 33.1 Å². The van der Waals surface area contributed by atoms with Gasteiger partial charge in [0.1, 0.15) is 5.76 Å². The van der Waals surface area contributed by atoms with Crippen molar-refractivity contribution in [3.8, 4) is 11.4 Å². The monoisotopic (exact) mass is 509 g/mol. The first-order valence-electron chi connectivity index (χ1n) is 10.5. The van der Waals surface area contributed by atoms with E-state index in [9.17, 15) is 31.1 Å². The van der Waals surface area contributed by atoms with Crippen LogP contribution in [0.2, 0.25) is 0 Å². The molecular formula is C24H17F6N3O3. The Morgan fingerprint density at radius 2 is 1.61 bits per heavy atom. The van der Waals surface area contributed by atoms with Gasteiger partial charge < -0.3 is 13.8 Å². The molecule has 36 heavy (non-hydrogen) atoms. The van der Waals surface area contributed by atoms with Gasteiger partial charge in [0.05, 0.1) is 23.9 Å². The summed E-state index contributed by atoms with van der Waals surface area (Å²) >= 11 is 0. The number of rotatable bonds is 7. The maximum Gasteiger partial charge on any atom is 0.416 e. The largest absolute Gasteiger partial charge is 0.467 e. The molecule has 0 N–H and O–H groups in total. The lowest BCUT2D eigenvalue weighted by atomic mass is 10.1. The topological polar surface area (TPSA) is 72.4 Å². The summed E-state index contributed by atoms with van der Waals surface area (Å²) < 4.78 is 87.9. The molecule has 188 valence electrons. The zero-order chi connectivity index (χ0) is 25.9. The van der Waals surface area contributed by atoms with Gasteiger partial charge in [-0.3, -0.25) is 4.79 Å². The Hall–Kier alpha value is -4.09. The molecular weight excluding hydrogens is 492 g/mol. The van der Waals surface area contributed by atoms with Crippen molar-refractivity contribution in [3.05, 3.63) is 95.3 Å². The quantitative estimate of drug-likeness (QED) is 0.275. The van der Waals surface area contributed by atoms with Gasteiger partial charge in [-0.1, -0.05) is 17.3 Å². The zero-order valence-corrected chi connectivity index (χ0v) is 18.3. The number of hydrogen-bond donors (Lipinski definition) is 0. The first-order valence-corrected chi connectivity index (χ1v) is 10.5. The first-order chi connectivity index (χ1) is 17.0. The Bertz CT molecular complexity index is 1310. The second-order valence-electron chi connectivity index (χ2n) is 7.72. The lowest BCUT2D eigenvalue weighted by Crippen LogP contribution is -2.32. The van der Waals surface area contributed by atoms with E-state index in [4.69, 9.17) is 8.94 Å². The molecule has 0 radical (unpaired) electrons. The van der Waals surface area contributed by atoms with Crippen LogP contribution in [0.3, 0.4) is 0 Å². The third-order valence-corrected chi connectivity index (χ3v) is 5.18. The number of furan rings is 1. The Morgan fingerprint density at radius 1 is 0.889 bits per heavy atom. The molecule has 0 atom stereocenters.